The van der Waals surface area contributed by atoms with Crippen molar-refractivity contribution >= 4 is 16.8 Å². The zero-order valence-corrected chi connectivity index (χ0v) is 15.5. The lowest BCUT2D eigenvalue weighted by Crippen LogP contribution is -2.37. The van der Waals surface area contributed by atoms with Gasteiger partial charge in [0.1, 0.15) is 0 Å². The molecule has 1 aliphatic rings. The number of nitrogens with zero attached hydrogens (tertiary/aromatic N) is 1. The number of benzene rings is 2. The van der Waals surface area contributed by atoms with E-state index in [1.165, 1.54) is 22.0 Å². The molecule has 1 atom stereocenters. The Labute approximate surface area is 159 Å². The molecule has 1 aromatic heterocycles. The van der Waals surface area contributed by atoms with Crippen molar-refractivity contribution in [3.63, 3.8) is 0 Å². The van der Waals surface area contributed by atoms with Gasteiger partial charge >= 0.3 is 0 Å². The van der Waals surface area contributed by atoms with Crippen molar-refractivity contribution in [1.82, 2.24) is 15.2 Å². The molecule has 5 heteroatoms. The van der Waals surface area contributed by atoms with Crippen molar-refractivity contribution in [2.75, 3.05) is 13.1 Å². The molecule has 1 aliphatic heterocycles. The number of nitrogens with one attached hydrogen (secondary N) is 2. The fourth-order valence-electron chi connectivity index (χ4n) is 3.91. The third-order valence-electron chi connectivity index (χ3n) is 5.36. The van der Waals surface area contributed by atoms with Gasteiger partial charge in [-0.05, 0) is 42.2 Å². The molecule has 2 aromatic carbocycles. The van der Waals surface area contributed by atoms with Gasteiger partial charge in [-0.25, -0.2) is 0 Å². The third kappa shape index (κ3) is 3.75. The highest BCUT2D eigenvalue weighted by atomic mass is 16.3. The van der Waals surface area contributed by atoms with Crippen LogP contribution < -0.4 is 5.32 Å². The number of aliphatic hydroxyl groups is 1. The first-order valence-corrected chi connectivity index (χ1v) is 9.42. The van der Waals surface area contributed by atoms with E-state index in [2.05, 4.69) is 46.5 Å². The van der Waals surface area contributed by atoms with Crippen LogP contribution in [-0.4, -0.2) is 40.0 Å². The summed E-state index contributed by atoms with van der Waals surface area (Å²) in [6.07, 6.45) is 3.03. The van der Waals surface area contributed by atoms with Crippen molar-refractivity contribution < 1.29 is 9.90 Å². The fraction of sp³-hybridized carbons (Fsp3) is 0.318. The van der Waals surface area contributed by atoms with E-state index in [9.17, 15) is 9.90 Å². The van der Waals surface area contributed by atoms with Gasteiger partial charge in [-0.15, -0.1) is 0 Å². The zero-order valence-electron chi connectivity index (χ0n) is 15.5. The Morgan fingerprint density at radius 2 is 2.11 bits per heavy atom. The molecule has 1 amide bonds. The smallest absolute Gasteiger partial charge is 0.251 e. The monoisotopic (exact) mass is 363 g/mol. The third-order valence-corrected chi connectivity index (χ3v) is 5.36. The number of carbonyl (C=O) groups excluding carboxylic acids is 1. The van der Waals surface area contributed by atoms with Gasteiger partial charge in [0.2, 0.25) is 0 Å². The molecule has 1 unspecified atom stereocenters. The minimum atomic E-state index is -0.125. The van der Waals surface area contributed by atoms with Crippen molar-refractivity contribution in [2.45, 2.75) is 32.5 Å². The Morgan fingerprint density at radius 3 is 2.96 bits per heavy atom. The van der Waals surface area contributed by atoms with Crippen molar-refractivity contribution in [1.29, 1.82) is 0 Å². The maximum atomic E-state index is 12.6. The molecule has 0 spiro atoms. The van der Waals surface area contributed by atoms with Gasteiger partial charge in [-0.3, -0.25) is 9.69 Å². The molecule has 1 fully saturated rings. The standard InChI is InChI=1S/C22H25N3O2/c1-15-6-7-19-17(11-23-21(19)10-15)12-25-9-8-18(13-25)24-22(27)20-5-3-2-4-16(20)14-26/h2-7,10-11,18,23,26H,8-9,12-14H2,1H3,(H,24,27). The SMILES string of the molecule is Cc1ccc2c(CN3CCC(NC(=O)c4ccccc4CO)C3)c[nH]c2c1. The number of hydrogen-bond donors (Lipinski definition) is 3. The molecule has 0 radical (unpaired) electrons. The maximum Gasteiger partial charge on any atom is 0.251 e. The summed E-state index contributed by atoms with van der Waals surface area (Å²) in [5.41, 5.74) is 4.95. The second-order valence-electron chi connectivity index (χ2n) is 7.37. The molecule has 140 valence electrons. The molecule has 3 N–H and O–H groups in total. The van der Waals surface area contributed by atoms with Crippen LogP contribution in [0.25, 0.3) is 10.9 Å². The van der Waals surface area contributed by atoms with E-state index in [0.29, 0.717) is 11.1 Å². The molecule has 5 nitrogen and oxygen atoms in total. The minimum Gasteiger partial charge on any atom is -0.392 e. The zero-order chi connectivity index (χ0) is 18.8. The average Bonchev–Trinajstić information content (AvgIpc) is 3.28. The highest BCUT2D eigenvalue weighted by molar-refractivity contribution is 5.95. The quantitative estimate of drug-likeness (QED) is 0.653. The summed E-state index contributed by atoms with van der Waals surface area (Å²) in [6.45, 7) is 4.66. The van der Waals surface area contributed by atoms with E-state index in [1.807, 2.05) is 12.1 Å². The van der Waals surface area contributed by atoms with Gasteiger partial charge in [0.25, 0.3) is 5.91 Å². The van der Waals surface area contributed by atoms with Crippen LogP contribution in [0.2, 0.25) is 0 Å². The van der Waals surface area contributed by atoms with Crippen LogP contribution in [0, 0.1) is 6.92 Å². The number of rotatable bonds is 5. The normalized spacial score (nSPS) is 17.5. The van der Waals surface area contributed by atoms with E-state index in [1.54, 1.807) is 12.1 Å². The first-order chi connectivity index (χ1) is 13.1. The molecular weight excluding hydrogens is 338 g/mol. The van der Waals surface area contributed by atoms with Crippen molar-refractivity contribution in [2.24, 2.45) is 0 Å². The summed E-state index contributed by atoms with van der Waals surface area (Å²) >= 11 is 0. The summed E-state index contributed by atoms with van der Waals surface area (Å²) in [4.78, 5) is 18.3. The molecule has 0 saturated carbocycles. The number of hydrogen-bond acceptors (Lipinski definition) is 3. The first-order valence-electron chi connectivity index (χ1n) is 9.42. The van der Waals surface area contributed by atoms with Gasteiger partial charge in [0, 0.05) is 48.3 Å². The number of fused-ring (bicyclic) bond motifs is 1. The number of amides is 1. The van der Waals surface area contributed by atoms with Crippen LogP contribution in [0.5, 0.6) is 0 Å². The highest BCUT2D eigenvalue weighted by Gasteiger charge is 2.25. The van der Waals surface area contributed by atoms with Crippen molar-refractivity contribution in [3.05, 3.63) is 70.9 Å². The molecule has 1 saturated heterocycles. The Hall–Kier alpha value is -2.63. The van der Waals surface area contributed by atoms with Crippen LogP contribution in [0.1, 0.15) is 33.5 Å². The van der Waals surface area contributed by atoms with Gasteiger partial charge < -0.3 is 15.4 Å². The van der Waals surface area contributed by atoms with E-state index >= 15 is 0 Å². The lowest BCUT2D eigenvalue weighted by molar-refractivity contribution is 0.0934. The van der Waals surface area contributed by atoms with E-state index < -0.39 is 0 Å². The summed E-state index contributed by atoms with van der Waals surface area (Å²) in [5, 5.41) is 13.8. The van der Waals surface area contributed by atoms with Crippen molar-refractivity contribution in [3.8, 4) is 0 Å². The average molecular weight is 363 g/mol. The van der Waals surface area contributed by atoms with Crippen LogP contribution in [-0.2, 0) is 13.2 Å². The van der Waals surface area contributed by atoms with Crippen LogP contribution in [0.3, 0.4) is 0 Å². The van der Waals surface area contributed by atoms with Gasteiger partial charge in [-0.2, -0.15) is 0 Å². The van der Waals surface area contributed by atoms with Crippen LogP contribution in [0.15, 0.2) is 48.7 Å². The van der Waals surface area contributed by atoms with E-state index in [0.717, 1.165) is 26.1 Å². The van der Waals surface area contributed by atoms with Gasteiger partial charge in [-0.1, -0.05) is 30.3 Å². The lowest BCUT2D eigenvalue weighted by atomic mass is 10.1. The van der Waals surface area contributed by atoms with Crippen LogP contribution in [0.4, 0.5) is 0 Å². The molecular formula is C22H25N3O2. The molecule has 0 bridgehead atoms. The Bertz CT molecular complexity index is 963. The highest BCUT2D eigenvalue weighted by Crippen LogP contribution is 2.23. The fourth-order valence-corrected chi connectivity index (χ4v) is 3.91. The predicted molar refractivity (Wildman–Crippen MR) is 107 cm³/mol. The first kappa shape index (κ1) is 17.8. The molecule has 2 heterocycles. The van der Waals surface area contributed by atoms with E-state index in [-0.39, 0.29) is 18.6 Å². The second kappa shape index (κ2) is 7.55. The second-order valence-corrected chi connectivity index (χ2v) is 7.37. The number of H-pyrrole nitrogens is 1. The molecule has 4 rings (SSSR count). The number of likely N-dealkylation sites (tertiary alicyclic amines) is 1. The molecule has 0 aliphatic carbocycles. The van der Waals surface area contributed by atoms with Gasteiger partial charge in [0.05, 0.1) is 6.61 Å². The number of aromatic amines is 1. The summed E-state index contributed by atoms with van der Waals surface area (Å²) < 4.78 is 0. The largest absolute Gasteiger partial charge is 0.392 e. The van der Waals surface area contributed by atoms with Crippen LogP contribution >= 0.6 is 0 Å². The van der Waals surface area contributed by atoms with Gasteiger partial charge in [0.15, 0.2) is 0 Å². The number of aliphatic hydroxyl groups excluding tert-OH is 1. The summed E-state index contributed by atoms with van der Waals surface area (Å²) in [6, 6.07) is 13.8. The van der Waals surface area contributed by atoms with E-state index in [4.69, 9.17) is 0 Å². The summed E-state index contributed by atoms with van der Waals surface area (Å²) in [7, 11) is 0. The minimum absolute atomic E-state index is 0.103. The number of aryl methyl sites for hydroxylation is 1. The maximum absolute atomic E-state index is 12.6. The lowest BCUT2D eigenvalue weighted by Gasteiger charge is -2.17. The topological polar surface area (TPSA) is 68.4 Å². The summed E-state index contributed by atoms with van der Waals surface area (Å²) in [5.74, 6) is -0.103. The molecule has 27 heavy (non-hydrogen) atoms. The predicted octanol–water partition coefficient (Wildman–Crippen LogP) is 2.97. The Balaban J connectivity index is 1.39. The number of aromatic nitrogens is 1. The number of carbonyl (C=O) groups is 1. The molecule has 3 aromatic rings. The Kier molecular flexibility index (Phi) is 4.97. The Morgan fingerprint density at radius 1 is 1.26 bits per heavy atom.